The third-order valence-electron chi connectivity index (χ3n) is 2.66. The van der Waals surface area contributed by atoms with Crippen molar-refractivity contribution in [2.24, 2.45) is 0 Å². The topological polar surface area (TPSA) is 75.3 Å². The third kappa shape index (κ3) is 5.50. The summed E-state index contributed by atoms with van der Waals surface area (Å²) in [7, 11) is -3.14. The zero-order chi connectivity index (χ0) is 13.9. The first kappa shape index (κ1) is 16.4. The summed E-state index contributed by atoms with van der Waals surface area (Å²) in [6, 6.07) is -0.326. The van der Waals surface area contributed by atoms with E-state index in [-0.39, 0.29) is 18.5 Å². The monoisotopic (exact) mass is 264 g/mol. The molecular weight excluding hydrogens is 240 g/mol. The molecule has 0 radical (unpaired) electrons. The van der Waals surface area contributed by atoms with Crippen LogP contribution >= 0.6 is 0 Å². The van der Waals surface area contributed by atoms with Crippen LogP contribution in [0.1, 0.15) is 34.6 Å². The highest BCUT2D eigenvalue weighted by Gasteiger charge is 2.30. The molecule has 0 aliphatic rings. The minimum atomic E-state index is -3.14. The number of hydrogen-bond donors (Lipinski definition) is 2. The summed E-state index contributed by atoms with van der Waals surface area (Å²) in [5, 5.41) is 5.71. The predicted octanol–water partition coefficient (Wildman–Crippen LogP) is 0.312. The maximum absolute atomic E-state index is 11.6. The molecule has 102 valence electrons. The van der Waals surface area contributed by atoms with Crippen molar-refractivity contribution in [1.29, 1.82) is 0 Å². The van der Waals surface area contributed by atoms with Crippen LogP contribution in [0.15, 0.2) is 0 Å². The molecule has 0 saturated carbocycles. The Labute approximate surface area is 104 Å². The van der Waals surface area contributed by atoms with E-state index in [1.165, 1.54) is 6.26 Å². The molecule has 0 bridgehead atoms. The van der Waals surface area contributed by atoms with Crippen molar-refractivity contribution >= 4 is 15.7 Å². The molecule has 2 N–H and O–H groups in total. The van der Waals surface area contributed by atoms with Crippen LogP contribution in [0.3, 0.4) is 0 Å². The van der Waals surface area contributed by atoms with Crippen LogP contribution in [-0.4, -0.2) is 44.0 Å². The number of carbonyl (C=O) groups excluding carboxylic acids is 1. The lowest BCUT2D eigenvalue weighted by molar-refractivity contribution is -0.123. The summed E-state index contributed by atoms with van der Waals surface area (Å²) in [6.45, 7) is 9.01. The first-order chi connectivity index (χ1) is 7.47. The Morgan fingerprint density at radius 2 is 1.71 bits per heavy atom. The van der Waals surface area contributed by atoms with Gasteiger partial charge in [0.15, 0.2) is 9.84 Å². The van der Waals surface area contributed by atoms with Gasteiger partial charge in [0.2, 0.25) is 5.91 Å². The van der Waals surface area contributed by atoms with E-state index in [9.17, 15) is 13.2 Å². The molecule has 0 spiro atoms. The van der Waals surface area contributed by atoms with Crippen LogP contribution < -0.4 is 10.6 Å². The molecule has 17 heavy (non-hydrogen) atoms. The normalized spacial score (nSPS) is 14.8. The minimum Gasteiger partial charge on any atom is -0.353 e. The van der Waals surface area contributed by atoms with E-state index in [0.29, 0.717) is 0 Å². The Morgan fingerprint density at radius 1 is 1.24 bits per heavy atom. The fourth-order valence-corrected chi connectivity index (χ4v) is 1.38. The van der Waals surface area contributed by atoms with Gasteiger partial charge in [-0.2, -0.15) is 0 Å². The van der Waals surface area contributed by atoms with E-state index in [0.717, 1.165) is 0 Å². The van der Waals surface area contributed by atoms with E-state index in [4.69, 9.17) is 0 Å². The summed E-state index contributed by atoms with van der Waals surface area (Å²) in [6.07, 6.45) is 1.20. The summed E-state index contributed by atoms with van der Waals surface area (Å²) in [5.74, 6) is -0.121. The van der Waals surface area contributed by atoms with Crippen molar-refractivity contribution < 1.29 is 13.2 Å². The lowest BCUT2D eigenvalue weighted by Crippen LogP contribution is -2.50. The van der Waals surface area contributed by atoms with Gasteiger partial charge in [0.05, 0.1) is 10.8 Å². The van der Waals surface area contributed by atoms with Gasteiger partial charge in [-0.1, -0.05) is 0 Å². The summed E-state index contributed by atoms with van der Waals surface area (Å²) >= 11 is 0. The Balaban J connectivity index is 4.35. The van der Waals surface area contributed by atoms with Crippen LogP contribution in [0, 0.1) is 0 Å². The third-order valence-corrected chi connectivity index (χ3v) is 4.81. The second-order valence-corrected chi connectivity index (χ2v) is 7.95. The largest absolute Gasteiger partial charge is 0.353 e. The van der Waals surface area contributed by atoms with Gasteiger partial charge in [0, 0.05) is 18.8 Å². The van der Waals surface area contributed by atoms with Crippen LogP contribution in [-0.2, 0) is 14.6 Å². The van der Waals surface area contributed by atoms with Gasteiger partial charge in [-0.05, 0) is 34.6 Å². The SMILES string of the molecule is CC(C)NC(=O)C(C)NCC(C)(C)S(C)(=O)=O. The number of amides is 1. The fraction of sp³-hybridized carbons (Fsp3) is 0.909. The zero-order valence-corrected chi connectivity index (χ0v) is 12.3. The van der Waals surface area contributed by atoms with E-state index < -0.39 is 20.6 Å². The Kier molecular flexibility index (Phi) is 5.61. The lowest BCUT2D eigenvalue weighted by atomic mass is 10.2. The molecule has 0 heterocycles. The second kappa shape index (κ2) is 5.82. The van der Waals surface area contributed by atoms with E-state index >= 15 is 0 Å². The summed E-state index contributed by atoms with van der Waals surface area (Å²) in [5.41, 5.74) is 0. The smallest absolute Gasteiger partial charge is 0.237 e. The zero-order valence-electron chi connectivity index (χ0n) is 11.5. The van der Waals surface area contributed by atoms with Crippen molar-refractivity contribution in [3.63, 3.8) is 0 Å². The molecule has 0 aliphatic heterocycles. The molecule has 1 unspecified atom stereocenters. The minimum absolute atomic E-state index is 0.0784. The maximum Gasteiger partial charge on any atom is 0.237 e. The van der Waals surface area contributed by atoms with Gasteiger partial charge in [-0.15, -0.1) is 0 Å². The first-order valence-corrected chi connectivity index (χ1v) is 7.60. The van der Waals surface area contributed by atoms with E-state index in [1.54, 1.807) is 20.8 Å². The number of nitrogens with one attached hydrogen (secondary N) is 2. The lowest BCUT2D eigenvalue weighted by Gasteiger charge is -2.25. The highest BCUT2D eigenvalue weighted by atomic mass is 32.2. The molecule has 0 aromatic carbocycles. The fourth-order valence-electron chi connectivity index (χ4n) is 1.03. The molecular formula is C11H24N2O3S. The molecule has 5 nitrogen and oxygen atoms in total. The molecule has 0 aromatic heterocycles. The van der Waals surface area contributed by atoms with E-state index in [2.05, 4.69) is 10.6 Å². The molecule has 0 aromatic rings. The van der Waals surface area contributed by atoms with Gasteiger partial charge < -0.3 is 10.6 Å². The van der Waals surface area contributed by atoms with Gasteiger partial charge in [0.1, 0.15) is 0 Å². The average Bonchev–Trinajstić information content (AvgIpc) is 2.11. The maximum atomic E-state index is 11.6. The summed E-state index contributed by atoms with van der Waals surface area (Å²) < 4.78 is 22.1. The van der Waals surface area contributed by atoms with Crippen molar-refractivity contribution in [2.75, 3.05) is 12.8 Å². The molecule has 0 rings (SSSR count). The highest BCUT2D eigenvalue weighted by molar-refractivity contribution is 7.92. The predicted molar refractivity (Wildman–Crippen MR) is 69.7 cm³/mol. The standard InChI is InChI=1S/C11H24N2O3S/c1-8(2)13-10(14)9(3)12-7-11(4,5)17(6,15)16/h8-9,12H,7H2,1-6H3,(H,13,14). The molecule has 1 amide bonds. The van der Waals surface area contributed by atoms with Crippen LogP contribution in [0.4, 0.5) is 0 Å². The van der Waals surface area contributed by atoms with Gasteiger partial charge in [0.25, 0.3) is 0 Å². The molecule has 0 fully saturated rings. The number of sulfone groups is 1. The van der Waals surface area contributed by atoms with Crippen molar-refractivity contribution in [1.82, 2.24) is 10.6 Å². The van der Waals surface area contributed by atoms with Crippen molar-refractivity contribution in [3.8, 4) is 0 Å². The van der Waals surface area contributed by atoms with Crippen molar-refractivity contribution in [3.05, 3.63) is 0 Å². The Bertz CT molecular complexity index is 361. The van der Waals surface area contributed by atoms with Crippen LogP contribution in [0.2, 0.25) is 0 Å². The Hall–Kier alpha value is -0.620. The average molecular weight is 264 g/mol. The van der Waals surface area contributed by atoms with E-state index in [1.807, 2.05) is 13.8 Å². The number of carbonyl (C=O) groups is 1. The number of hydrogen-bond acceptors (Lipinski definition) is 4. The van der Waals surface area contributed by atoms with Gasteiger partial charge in [-0.25, -0.2) is 8.42 Å². The number of rotatable bonds is 6. The molecule has 0 aliphatic carbocycles. The highest BCUT2D eigenvalue weighted by Crippen LogP contribution is 2.13. The van der Waals surface area contributed by atoms with Crippen LogP contribution in [0.5, 0.6) is 0 Å². The second-order valence-electron chi connectivity index (χ2n) is 5.30. The van der Waals surface area contributed by atoms with Gasteiger partial charge in [-0.3, -0.25) is 4.79 Å². The summed E-state index contributed by atoms with van der Waals surface area (Å²) in [4.78, 5) is 11.6. The quantitative estimate of drug-likeness (QED) is 0.724. The first-order valence-electron chi connectivity index (χ1n) is 5.71. The molecule has 6 heteroatoms. The Morgan fingerprint density at radius 3 is 2.06 bits per heavy atom. The van der Waals surface area contributed by atoms with Crippen molar-refractivity contribution in [2.45, 2.75) is 51.4 Å². The van der Waals surface area contributed by atoms with Gasteiger partial charge >= 0.3 is 0 Å². The molecule has 0 saturated heterocycles. The van der Waals surface area contributed by atoms with Crippen LogP contribution in [0.25, 0.3) is 0 Å². The molecule has 1 atom stereocenters.